The van der Waals surface area contributed by atoms with Crippen LogP contribution in [0.3, 0.4) is 0 Å². The molecule has 0 aromatic heterocycles. The predicted molar refractivity (Wildman–Crippen MR) is 51.0 cm³/mol. The van der Waals surface area contributed by atoms with Gasteiger partial charge in [-0.1, -0.05) is 13.8 Å². The van der Waals surface area contributed by atoms with Crippen LogP contribution < -0.4 is 0 Å². The van der Waals surface area contributed by atoms with Gasteiger partial charge in [-0.05, 0) is 5.92 Å². The van der Waals surface area contributed by atoms with Gasteiger partial charge in [0.25, 0.3) is 0 Å². The lowest BCUT2D eigenvalue weighted by Crippen LogP contribution is -2.53. The Morgan fingerprint density at radius 2 is 1.93 bits per heavy atom. The van der Waals surface area contributed by atoms with E-state index in [1.54, 1.807) is 0 Å². The second-order valence-electron chi connectivity index (χ2n) is 4.77. The van der Waals surface area contributed by atoms with E-state index in [1.165, 1.54) is 0 Å². The average Bonchev–Trinajstić information content (AvgIpc) is 2.63. The van der Waals surface area contributed by atoms with Crippen LogP contribution in [0.25, 0.3) is 0 Å². The van der Waals surface area contributed by atoms with Crippen molar-refractivity contribution in [3.8, 4) is 0 Å². The summed E-state index contributed by atoms with van der Waals surface area (Å²) in [6.07, 6.45) is -2.61. The van der Waals surface area contributed by atoms with Crippen LogP contribution in [0.15, 0.2) is 0 Å². The fourth-order valence-corrected chi connectivity index (χ4v) is 2.45. The molecule has 2 fully saturated rings. The maximum absolute atomic E-state index is 9.82. The van der Waals surface area contributed by atoms with Gasteiger partial charge >= 0.3 is 0 Å². The van der Waals surface area contributed by atoms with E-state index in [-0.39, 0.29) is 12.5 Å². The summed E-state index contributed by atoms with van der Waals surface area (Å²) < 4.78 is 11.0. The number of hydrogen-bond donors (Lipinski definition) is 3. The molecule has 5 heteroatoms. The van der Waals surface area contributed by atoms with Crippen LogP contribution in [0.4, 0.5) is 0 Å². The molecule has 2 bridgehead atoms. The molecular formula is C10H18O5. The van der Waals surface area contributed by atoms with Crippen LogP contribution in [-0.4, -0.2) is 52.1 Å². The van der Waals surface area contributed by atoms with Gasteiger partial charge in [-0.2, -0.15) is 0 Å². The summed E-state index contributed by atoms with van der Waals surface area (Å²) in [5.41, 5.74) is 0. The number of rotatable bonds is 3. The van der Waals surface area contributed by atoms with E-state index in [2.05, 4.69) is 0 Å². The summed E-state index contributed by atoms with van der Waals surface area (Å²) in [4.78, 5) is 0. The van der Waals surface area contributed by atoms with Crippen LogP contribution in [0, 0.1) is 5.92 Å². The minimum atomic E-state index is -1.12. The molecule has 1 unspecified atom stereocenters. The Labute approximate surface area is 88.6 Å². The number of hydrogen-bond acceptors (Lipinski definition) is 5. The third kappa shape index (κ3) is 1.59. The lowest BCUT2D eigenvalue weighted by Gasteiger charge is -2.34. The highest BCUT2D eigenvalue weighted by atomic mass is 16.8. The van der Waals surface area contributed by atoms with Crippen LogP contribution in [0.2, 0.25) is 0 Å². The Morgan fingerprint density at radius 1 is 1.27 bits per heavy atom. The standard InChI is InChI=1S/C10H18O5/c1-5(2)3-10-9(13)7(12)8(15-10)6(4-11)14-10/h5-9,11-13H,3-4H2,1-2H3/t6-,7+,8+,9-,10?/m1/s1. The fourth-order valence-electron chi connectivity index (χ4n) is 2.45. The summed E-state index contributed by atoms with van der Waals surface area (Å²) >= 11 is 0. The first-order chi connectivity index (χ1) is 7.00. The largest absolute Gasteiger partial charge is 0.394 e. The Hall–Kier alpha value is -0.200. The van der Waals surface area contributed by atoms with Crippen molar-refractivity contribution in [2.24, 2.45) is 5.92 Å². The highest BCUT2D eigenvalue weighted by Gasteiger charge is 2.64. The Morgan fingerprint density at radius 3 is 2.47 bits per heavy atom. The Bertz CT molecular complexity index is 238. The van der Waals surface area contributed by atoms with Crippen molar-refractivity contribution >= 4 is 0 Å². The van der Waals surface area contributed by atoms with Crippen LogP contribution in [0.1, 0.15) is 20.3 Å². The van der Waals surface area contributed by atoms with E-state index in [4.69, 9.17) is 14.6 Å². The second kappa shape index (κ2) is 3.68. The minimum absolute atomic E-state index is 0.200. The number of aliphatic hydroxyl groups is 3. The molecule has 0 amide bonds. The zero-order valence-electron chi connectivity index (χ0n) is 8.96. The average molecular weight is 218 g/mol. The summed E-state index contributed by atoms with van der Waals surface area (Å²) in [5.74, 6) is -0.839. The topological polar surface area (TPSA) is 79.2 Å². The molecule has 0 aromatic rings. The molecule has 88 valence electrons. The molecule has 5 atom stereocenters. The van der Waals surface area contributed by atoms with Gasteiger partial charge in [0.05, 0.1) is 6.61 Å². The SMILES string of the molecule is CC(C)CC12O[C@H]([C@H](O)[C@H]1O)[C@@H](CO)O2. The number of ether oxygens (including phenoxy) is 2. The van der Waals surface area contributed by atoms with Crippen molar-refractivity contribution in [3.05, 3.63) is 0 Å². The lowest BCUT2D eigenvalue weighted by atomic mass is 9.92. The monoisotopic (exact) mass is 218 g/mol. The van der Waals surface area contributed by atoms with Gasteiger partial charge in [-0.15, -0.1) is 0 Å². The predicted octanol–water partition coefficient (Wildman–Crippen LogP) is -0.760. The summed E-state index contributed by atoms with van der Waals surface area (Å²) in [6, 6.07) is 0. The fraction of sp³-hybridized carbons (Fsp3) is 1.00. The molecule has 2 saturated heterocycles. The number of aliphatic hydroxyl groups excluding tert-OH is 3. The molecule has 5 nitrogen and oxygen atoms in total. The molecule has 0 saturated carbocycles. The molecule has 0 aromatic carbocycles. The van der Waals surface area contributed by atoms with E-state index in [0.717, 1.165) is 0 Å². The summed E-state index contributed by atoms with van der Waals surface area (Å²) in [6.45, 7) is 3.77. The van der Waals surface area contributed by atoms with Gasteiger partial charge in [0.15, 0.2) is 5.79 Å². The molecular weight excluding hydrogens is 200 g/mol. The summed E-state index contributed by atoms with van der Waals surface area (Å²) in [7, 11) is 0. The molecule has 0 aliphatic carbocycles. The molecule has 0 spiro atoms. The third-order valence-electron chi connectivity index (χ3n) is 3.04. The van der Waals surface area contributed by atoms with Gasteiger partial charge < -0.3 is 24.8 Å². The highest BCUT2D eigenvalue weighted by molar-refractivity contribution is 5.05. The number of fused-ring (bicyclic) bond motifs is 2. The molecule has 15 heavy (non-hydrogen) atoms. The van der Waals surface area contributed by atoms with Crippen molar-refractivity contribution in [3.63, 3.8) is 0 Å². The summed E-state index contributed by atoms with van der Waals surface area (Å²) in [5, 5.41) is 28.6. The first-order valence-corrected chi connectivity index (χ1v) is 5.33. The van der Waals surface area contributed by atoms with Crippen molar-refractivity contribution in [1.82, 2.24) is 0 Å². The van der Waals surface area contributed by atoms with E-state index in [1.807, 2.05) is 13.8 Å². The van der Waals surface area contributed by atoms with E-state index >= 15 is 0 Å². The maximum atomic E-state index is 9.82. The molecule has 2 heterocycles. The first kappa shape index (κ1) is 11.3. The zero-order chi connectivity index (χ0) is 11.2. The smallest absolute Gasteiger partial charge is 0.198 e. The van der Waals surface area contributed by atoms with Crippen molar-refractivity contribution in [1.29, 1.82) is 0 Å². The van der Waals surface area contributed by atoms with E-state index < -0.39 is 30.2 Å². The normalized spacial score (nSPS) is 49.2. The van der Waals surface area contributed by atoms with Crippen molar-refractivity contribution in [2.75, 3.05) is 6.61 Å². The van der Waals surface area contributed by atoms with Crippen LogP contribution in [0.5, 0.6) is 0 Å². The quantitative estimate of drug-likeness (QED) is 0.580. The van der Waals surface area contributed by atoms with Crippen molar-refractivity contribution < 1.29 is 24.8 Å². The van der Waals surface area contributed by atoms with Crippen LogP contribution >= 0.6 is 0 Å². The van der Waals surface area contributed by atoms with Gasteiger partial charge in [0.2, 0.25) is 0 Å². The van der Waals surface area contributed by atoms with Gasteiger partial charge in [-0.3, -0.25) is 0 Å². The van der Waals surface area contributed by atoms with E-state index in [0.29, 0.717) is 6.42 Å². The molecule has 3 N–H and O–H groups in total. The molecule has 0 radical (unpaired) electrons. The second-order valence-corrected chi connectivity index (χ2v) is 4.77. The Balaban J connectivity index is 2.17. The zero-order valence-corrected chi connectivity index (χ0v) is 8.96. The van der Waals surface area contributed by atoms with Gasteiger partial charge in [0, 0.05) is 6.42 Å². The van der Waals surface area contributed by atoms with Gasteiger partial charge in [-0.25, -0.2) is 0 Å². The van der Waals surface area contributed by atoms with E-state index in [9.17, 15) is 10.2 Å². The Kier molecular flexibility index (Phi) is 2.77. The first-order valence-electron chi connectivity index (χ1n) is 5.33. The molecule has 2 rings (SSSR count). The minimum Gasteiger partial charge on any atom is -0.394 e. The highest BCUT2D eigenvalue weighted by Crippen LogP contribution is 2.45. The van der Waals surface area contributed by atoms with Gasteiger partial charge in [0.1, 0.15) is 24.4 Å². The van der Waals surface area contributed by atoms with Crippen LogP contribution in [-0.2, 0) is 9.47 Å². The van der Waals surface area contributed by atoms with Crippen molar-refractivity contribution in [2.45, 2.75) is 50.5 Å². The maximum Gasteiger partial charge on any atom is 0.198 e. The third-order valence-corrected chi connectivity index (χ3v) is 3.04. The molecule has 2 aliphatic rings. The molecule has 2 aliphatic heterocycles. The lowest BCUT2D eigenvalue weighted by molar-refractivity contribution is -0.231.